The van der Waals surface area contributed by atoms with Gasteiger partial charge in [-0.25, -0.2) is 9.97 Å². The van der Waals surface area contributed by atoms with Crippen LogP contribution in [0.5, 0.6) is 0 Å². The second-order valence-corrected chi connectivity index (χ2v) is 8.53. The third-order valence-electron chi connectivity index (χ3n) is 6.45. The smallest absolute Gasteiger partial charge is 0.222 e. The molecule has 1 atom stereocenters. The van der Waals surface area contributed by atoms with E-state index in [1.54, 1.807) is 0 Å². The molecule has 1 saturated heterocycles. The van der Waals surface area contributed by atoms with Gasteiger partial charge in [-0.2, -0.15) is 5.10 Å². The quantitative estimate of drug-likeness (QED) is 0.495. The van der Waals surface area contributed by atoms with E-state index in [0.717, 1.165) is 77.9 Å². The summed E-state index contributed by atoms with van der Waals surface area (Å²) in [6.07, 6.45) is 5.31. The lowest BCUT2D eigenvalue weighted by molar-refractivity contribution is -0.132. The molecule has 4 aromatic rings. The number of rotatable bonds is 5. The number of aromatic nitrogens is 5. The lowest BCUT2D eigenvalue weighted by Gasteiger charge is -2.32. The Morgan fingerprint density at radius 1 is 1.25 bits per heavy atom. The van der Waals surface area contributed by atoms with Crippen molar-refractivity contribution >= 4 is 33.7 Å². The van der Waals surface area contributed by atoms with Gasteiger partial charge in [0.2, 0.25) is 5.91 Å². The fourth-order valence-corrected chi connectivity index (χ4v) is 4.93. The molecule has 4 heterocycles. The maximum atomic E-state index is 12.5. The highest BCUT2D eigenvalue weighted by molar-refractivity contribution is 6.07. The zero-order chi connectivity index (χ0) is 22.2. The molecule has 0 spiro atoms. The maximum absolute atomic E-state index is 12.5. The van der Waals surface area contributed by atoms with Crippen molar-refractivity contribution in [3.05, 3.63) is 36.3 Å². The van der Waals surface area contributed by atoms with E-state index < -0.39 is 0 Å². The Labute approximate surface area is 186 Å². The number of fused-ring (bicyclic) bond motifs is 3. The van der Waals surface area contributed by atoms with E-state index in [2.05, 4.69) is 38.8 Å². The van der Waals surface area contributed by atoms with Gasteiger partial charge in [0, 0.05) is 49.1 Å². The molecule has 0 bridgehead atoms. The Bertz CT molecular complexity index is 1270. The number of carbonyl (C=O) groups excluding carboxylic acids is 1. The summed E-state index contributed by atoms with van der Waals surface area (Å²) in [5.41, 5.74) is 10.9. The number of hydrogen-bond acceptors (Lipinski definition) is 5. The molecule has 0 radical (unpaired) electrons. The van der Waals surface area contributed by atoms with Gasteiger partial charge in [0.05, 0.1) is 16.7 Å². The van der Waals surface area contributed by atoms with Crippen LogP contribution in [0.25, 0.3) is 33.2 Å². The average molecular weight is 432 g/mol. The Balaban J connectivity index is 1.61. The summed E-state index contributed by atoms with van der Waals surface area (Å²) in [5, 5.41) is 8.17. The van der Waals surface area contributed by atoms with Gasteiger partial charge < -0.3 is 15.2 Å². The maximum Gasteiger partial charge on any atom is 0.222 e. The van der Waals surface area contributed by atoms with Gasteiger partial charge >= 0.3 is 0 Å². The number of likely N-dealkylation sites (tertiary alicyclic amines) is 1. The second kappa shape index (κ2) is 8.26. The first-order valence-electron chi connectivity index (χ1n) is 11.5. The number of H-pyrrole nitrogens is 1. The molecule has 3 N–H and O–H groups in total. The normalized spacial score (nSPS) is 16.8. The average Bonchev–Trinajstić information content (AvgIpc) is 3.48. The molecule has 1 fully saturated rings. The molecule has 8 heteroatoms. The van der Waals surface area contributed by atoms with Crippen molar-refractivity contribution in [3.63, 3.8) is 0 Å². The number of pyridine rings is 1. The van der Waals surface area contributed by atoms with E-state index in [1.807, 2.05) is 30.2 Å². The first-order valence-corrected chi connectivity index (χ1v) is 11.5. The number of anilines is 1. The summed E-state index contributed by atoms with van der Waals surface area (Å²) >= 11 is 0. The molecule has 3 aromatic heterocycles. The predicted molar refractivity (Wildman–Crippen MR) is 126 cm³/mol. The first kappa shape index (κ1) is 20.5. The van der Waals surface area contributed by atoms with Crippen LogP contribution in [0.3, 0.4) is 0 Å². The number of aryl methyl sites for hydroxylation is 1. The second-order valence-electron chi connectivity index (χ2n) is 8.53. The largest absolute Gasteiger partial charge is 0.382 e. The number of nitrogens with zero attached hydrogens (tertiary/aromatic N) is 5. The van der Waals surface area contributed by atoms with Crippen molar-refractivity contribution in [2.75, 3.05) is 18.8 Å². The van der Waals surface area contributed by atoms with E-state index in [4.69, 9.17) is 10.7 Å². The highest BCUT2D eigenvalue weighted by Crippen LogP contribution is 2.35. The molecule has 1 aromatic carbocycles. The van der Waals surface area contributed by atoms with Crippen LogP contribution in [0.1, 0.15) is 51.3 Å². The predicted octanol–water partition coefficient (Wildman–Crippen LogP) is 4.08. The lowest BCUT2D eigenvalue weighted by atomic mass is 9.96. The molecule has 1 amide bonds. The topological polar surface area (TPSA) is 106 Å². The van der Waals surface area contributed by atoms with Crippen LogP contribution in [-0.4, -0.2) is 48.6 Å². The van der Waals surface area contributed by atoms with Crippen molar-refractivity contribution < 1.29 is 4.79 Å². The molecule has 1 aliphatic heterocycles. The summed E-state index contributed by atoms with van der Waals surface area (Å²) in [4.78, 5) is 24.2. The van der Waals surface area contributed by atoms with E-state index in [0.29, 0.717) is 12.2 Å². The van der Waals surface area contributed by atoms with E-state index in [1.165, 1.54) is 0 Å². The Morgan fingerprint density at radius 2 is 2.12 bits per heavy atom. The molecule has 166 valence electrons. The van der Waals surface area contributed by atoms with Gasteiger partial charge in [-0.05, 0) is 44.4 Å². The fourth-order valence-electron chi connectivity index (χ4n) is 4.93. The van der Waals surface area contributed by atoms with Gasteiger partial charge in [0.15, 0.2) is 5.82 Å². The van der Waals surface area contributed by atoms with Crippen LogP contribution in [0, 0.1) is 0 Å². The highest BCUT2D eigenvalue weighted by Gasteiger charge is 2.29. The van der Waals surface area contributed by atoms with Gasteiger partial charge in [-0.15, -0.1) is 0 Å². The summed E-state index contributed by atoms with van der Waals surface area (Å²) < 4.78 is 2.27. The fraction of sp³-hybridized carbons (Fsp3) is 0.417. The molecule has 1 aliphatic rings. The third-order valence-corrected chi connectivity index (χ3v) is 6.45. The molecular formula is C24H29N7O. The molecule has 32 heavy (non-hydrogen) atoms. The van der Waals surface area contributed by atoms with Gasteiger partial charge in [0.25, 0.3) is 0 Å². The van der Waals surface area contributed by atoms with E-state index >= 15 is 0 Å². The summed E-state index contributed by atoms with van der Waals surface area (Å²) in [5.74, 6) is 1.90. The van der Waals surface area contributed by atoms with Crippen LogP contribution in [-0.2, 0) is 11.3 Å². The number of amides is 1. The van der Waals surface area contributed by atoms with Crippen molar-refractivity contribution in [2.24, 2.45) is 0 Å². The minimum absolute atomic E-state index is 0.203. The van der Waals surface area contributed by atoms with Gasteiger partial charge in [-0.3, -0.25) is 9.89 Å². The van der Waals surface area contributed by atoms with E-state index in [-0.39, 0.29) is 11.8 Å². The molecule has 8 nitrogen and oxygen atoms in total. The molecule has 0 aliphatic carbocycles. The van der Waals surface area contributed by atoms with Crippen molar-refractivity contribution in [2.45, 2.75) is 52.0 Å². The molecule has 0 unspecified atom stereocenters. The zero-order valence-corrected chi connectivity index (χ0v) is 18.6. The van der Waals surface area contributed by atoms with Crippen LogP contribution in [0.15, 0.2) is 30.5 Å². The first-order chi connectivity index (χ1) is 15.6. The van der Waals surface area contributed by atoms with Crippen molar-refractivity contribution in [1.29, 1.82) is 0 Å². The number of carbonyl (C=O) groups is 1. The van der Waals surface area contributed by atoms with Crippen molar-refractivity contribution in [3.8, 4) is 11.3 Å². The number of piperidine rings is 1. The van der Waals surface area contributed by atoms with Crippen LogP contribution in [0.4, 0.5) is 5.82 Å². The number of nitrogen functional groups attached to an aromatic ring is 1. The number of nitrogens with one attached hydrogen (secondary N) is 1. The van der Waals surface area contributed by atoms with Gasteiger partial charge in [-0.1, -0.05) is 13.0 Å². The third kappa shape index (κ3) is 3.39. The monoisotopic (exact) mass is 431 g/mol. The van der Waals surface area contributed by atoms with Crippen molar-refractivity contribution in [1.82, 2.24) is 29.6 Å². The molecular weight excluding hydrogens is 402 g/mol. The Kier molecular flexibility index (Phi) is 5.28. The molecule has 5 rings (SSSR count). The minimum atomic E-state index is 0.203. The Morgan fingerprint density at radius 3 is 2.88 bits per heavy atom. The highest BCUT2D eigenvalue weighted by atomic mass is 16.2. The summed E-state index contributed by atoms with van der Waals surface area (Å²) in [6.45, 7) is 6.52. The van der Waals surface area contributed by atoms with E-state index in [9.17, 15) is 4.79 Å². The van der Waals surface area contributed by atoms with Gasteiger partial charge in [0.1, 0.15) is 11.3 Å². The number of benzene rings is 1. The number of hydrogen-bond donors (Lipinski definition) is 2. The SMILES string of the molecule is CCCC(=O)N1CCC[C@H](c2nc3c(N)nc4cc(-c5cc[nH]n5)ccc4c3n2CC)C1. The standard InChI is InChI=1S/C24H29N7O/c1-3-6-20(32)30-12-5-7-16(14-30)24-28-21-22(31(24)4-2)17-9-8-15(18-10-11-26-29-18)13-19(17)27-23(21)25/h8-11,13,16H,3-7,12,14H2,1-2H3,(H2,25,27)(H,26,29)/t16-/m0/s1. The summed E-state index contributed by atoms with van der Waals surface area (Å²) in [7, 11) is 0. The number of aromatic amines is 1. The Hall–Kier alpha value is -3.42. The van der Waals surface area contributed by atoms with Crippen LogP contribution < -0.4 is 5.73 Å². The number of nitrogens with two attached hydrogens (primary N) is 1. The zero-order valence-electron chi connectivity index (χ0n) is 18.6. The summed E-state index contributed by atoms with van der Waals surface area (Å²) in [6, 6.07) is 8.11. The van der Waals surface area contributed by atoms with Crippen LogP contribution in [0.2, 0.25) is 0 Å². The minimum Gasteiger partial charge on any atom is -0.382 e. The van der Waals surface area contributed by atoms with Crippen LogP contribution >= 0.6 is 0 Å². The number of imidazole rings is 1. The lowest BCUT2D eigenvalue weighted by Crippen LogP contribution is -2.39. The molecule has 0 saturated carbocycles.